The number of hydrogen-bond donors (Lipinski definition) is 1. The Morgan fingerprint density at radius 3 is 2.32 bits per heavy atom. The predicted molar refractivity (Wildman–Crippen MR) is 80.3 cm³/mol. The molecular weight excluding hydrogens is 289 g/mol. The SMILES string of the molecule is NC1CC(c2ccc(F)cc2)CN(c2cc(F)ccc2F)C1. The molecule has 0 saturated carbocycles. The number of rotatable bonds is 2. The van der Waals surface area contributed by atoms with Crippen LogP contribution in [0.15, 0.2) is 42.5 Å². The molecule has 2 nitrogen and oxygen atoms in total. The molecule has 0 spiro atoms. The van der Waals surface area contributed by atoms with E-state index in [1.165, 1.54) is 18.2 Å². The highest BCUT2D eigenvalue weighted by Gasteiger charge is 2.28. The summed E-state index contributed by atoms with van der Waals surface area (Å²) < 4.78 is 40.4. The van der Waals surface area contributed by atoms with Crippen LogP contribution in [-0.2, 0) is 0 Å². The van der Waals surface area contributed by atoms with Crippen molar-refractivity contribution >= 4 is 5.69 Å². The van der Waals surface area contributed by atoms with Crippen molar-refractivity contribution < 1.29 is 13.2 Å². The molecule has 2 N–H and O–H groups in total. The summed E-state index contributed by atoms with van der Waals surface area (Å²) in [6, 6.07) is 9.51. The molecule has 0 aliphatic carbocycles. The standard InChI is InChI=1S/C17H17F3N2/c18-13-3-1-11(2-4-13)12-7-15(21)10-22(9-12)17-8-14(19)5-6-16(17)20/h1-6,8,12,15H,7,9-10,21H2. The minimum Gasteiger partial charge on any atom is -0.367 e. The van der Waals surface area contributed by atoms with Gasteiger partial charge < -0.3 is 10.6 Å². The molecule has 1 aliphatic rings. The summed E-state index contributed by atoms with van der Waals surface area (Å²) in [4.78, 5) is 1.76. The zero-order valence-corrected chi connectivity index (χ0v) is 12.0. The fourth-order valence-electron chi connectivity index (χ4n) is 3.04. The average Bonchev–Trinajstić information content (AvgIpc) is 2.50. The van der Waals surface area contributed by atoms with Crippen LogP contribution in [0.5, 0.6) is 0 Å². The quantitative estimate of drug-likeness (QED) is 0.921. The number of hydrogen-bond acceptors (Lipinski definition) is 2. The van der Waals surface area contributed by atoms with E-state index < -0.39 is 11.6 Å². The highest BCUT2D eigenvalue weighted by Crippen LogP contribution is 2.31. The summed E-state index contributed by atoms with van der Waals surface area (Å²) >= 11 is 0. The van der Waals surface area contributed by atoms with Crippen LogP contribution >= 0.6 is 0 Å². The lowest BCUT2D eigenvalue weighted by Gasteiger charge is -2.38. The third-order valence-corrected chi connectivity index (χ3v) is 4.07. The largest absolute Gasteiger partial charge is 0.367 e. The molecule has 2 aromatic rings. The molecule has 1 fully saturated rings. The van der Waals surface area contributed by atoms with Gasteiger partial charge >= 0.3 is 0 Å². The van der Waals surface area contributed by atoms with Gasteiger partial charge in [-0.25, -0.2) is 13.2 Å². The minimum atomic E-state index is -0.478. The number of nitrogens with zero attached hydrogens (tertiary/aromatic N) is 1. The Bertz CT molecular complexity index is 657. The highest BCUT2D eigenvalue weighted by atomic mass is 19.1. The maximum Gasteiger partial charge on any atom is 0.146 e. The van der Waals surface area contributed by atoms with Crippen molar-refractivity contribution in [3.05, 3.63) is 65.5 Å². The number of halogens is 3. The zero-order valence-electron chi connectivity index (χ0n) is 12.0. The first kappa shape index (κ1) is 14.9. The summed E-state index contributed by atoms with van der Waals surface area (Å²) in [7, 11) is 0. The van der Waals surface area contributed by atoms with Crippen molar-refractivity contribution in [1.82, 2.24) is 0 Å². The Hall–Kier alpha value is -2.01. The topological polar surface area (TPSA) is 29.3 Å². The molecule has 5 heteroatoms. The molecule has 1 heterocycles. The first-order chi connectivity index (χ1) is 10.5. The van der Waals surface area contributed by atoms with Crippen LogP contribution in [-0.4, -0.2) is 19.1 Å². The van der Waals surface area contributed by atoms with E-state index in [2.05, 4.69) is 0 Å². The smallest absolute Gasteiger partial charge is 0.146 e. The lowest BCUT2D eigenvalue weighted by molar-refractivity contribution is 0.447. The van der Waals surface area contributed by atoms with E-state index in [0.717, 1.165) is 24.1 Å². The summed E-state index contributed by atoms with van der Waals surface area (Å²) in [5.41, 5.74) is 7.26. The van der Waals surface area contributed by atoms with Crippen molar-refractivity contribution in [1.29, 1.82) is 0 Å². The lowest BCUT2D eigenvalue weighted by atomic mass is 9.88. The fourth-order valence-corrected chi connectivity index (χ4v) is 3.04. The molecule has 1 aliphatic heterocycles. The Kier molecular flexibility index (Phi) is 4.07. The highest BCUT2D eigenvalue weighted by molar-refractivity contribution is 5.49. The van der Waals surface area contributed by atoms with Gasteiger partial charge in [0.1, 0.15) is 17.5 Å². The van der Waals surface area contributed by atoms with E-state index in [0.29, 0.717) is 13.1 Å². The van der Waals surface area contributed by atoms with Gasteiger partial charge in [-0.15, -0.1) is 0 Å². The molecule has 116 valence electrons. The van der Waals surface area contributed by atoms with Crippen molar-refractivity contribution in [2.75, 3.05) is 18.0 Å². The summed E-state index contributed by atoms with van der Waals surface area (Å²) in [6.45, 7) is 0.998. The van der Waals surface area contributed by atoms with E-state index in [9.17, 15) is 13.2 Å². The van der Waals surface area contributed by atoms with Crippen LogP contribution in [0.2, 0.25) is 0 Å². The maximum atomic E-state index is 14.0. The average molecular weight is 306 g/mol. The molecule has 0 bridgehead atoms. The van der Waals surface area contributed by atoms with Gasteiger partial charge in [-0.05, 0) is 36.2 Å². The minimum absolute atomic E-state index is 0.0621. The maximum absolute atomic E-state index is 14.0. The van der Waals surface area contributed by atoms with Crippen molar-refractivity contribution in [2.24, 2.45) is 5.73 Å². The second kappa shape index (κ2) is 6.01. The molecule has 0 aromatic heterocycles. The van der Waals surface area contributed by atoms with E-state index in [-0.39, 0.29) is 23.5 Å². The van der Waals surface area contributed by atoms with Crippen LogP contribution in [0, 0.1) is 17.5 Å². The van der Waals surface area contributed by atoms with Crippen LogP contribution in [0.3, 0.4) is 0 Å². The number of nitrogens with two attached hydrogens (primary N) is 1. The molecule has 0 radical (unpaired) electrons. The Labute approximate surface area is 127 Å². The first-order valence-corrected chi connectivity index (χ1v) is 7.24. The van der Waals surface area contributed by atoms with E-state index >= 15 is 0 Å². The van der Waals surface area contributed by atoms with Gasteiger partial charge in [0.05, 0.1) is 5.69 Å². The van der Waals surface area contributed by atoms with Gasteiger partial charge in [0.15, 0.2) is 0 Å². The van der Waals surface area contributed by atoms with Gasteiger partial charge in [-0.2, -0.15) is 0 Å². The summed E-state index contributed by atoms with van der Waals surface area (Å²) in [5, 5.41) is 0. The third kappa shape index (κ3) is 3.09. The van der Waals surface area contributed by atoms with Gasteiger partial charge in [0, 0.05) is 31.1 Å². The van der Waals surface area contributed by atoms with Gasteiger partial charge in [-0.3, -0.25) is 0 Å². The summed E-state index contributed by atoms with van der Waals surface area (Å²) in [6.07, 6.45) is 0.735. The predicted octanol–water partition coefficient (Wildman–Crippen LogP) is 3.43. The fraction of sp³-hybridized carbons (Fsp3) is 0.294. The number of benzene rings is 2. The first-order valence-electron chi connectivity index (χ1n) is 7.24. The monoisotopic (exact) mass is 306 g/mol. The van der Waals surface area contributed by atoms with Crippen molar-refractivity contribution in [2.45, 2.75) is 18.4 Å². The third-order valence-electron chi connectivity index (χ3n) is 4.07. The molecule has 0 amide bonds. The molecule has 2 aromatic carbocycles. The van der Waals surface area contributed by atoms with Crippen LogP contribution in [0.1, 0.15) is 17.9 Å². The Morgan fingerprint density at radius 1 is 0.909 bits per heavy atom. The van der Waals surface area contributed by atoms with Crippen molar-refractivity contribution in [3.8, 4) is 0 Å². The second-order valence-electron chi connectivity index (χ2n) is 5.74. The lowest BCUT2D eigenvalue weighted by Crippen LogP contribution is -2.46. The number of anilines is 1. The Morgan fingerprint density at radius 2 is 1.59 bits per heavy atom. The number of piperidine rings is 1. The van der Waals surface area contributed by atoms with E-state index in [1.54, 1.807) is 17.0 Å². The molecule has 1 saturated heterocycles. The zero-order chi connectivity index (χ0) is 15.7. The van der Waals surface area contributed by atoms with Gasteiger partial charge in [0.2, 0.25) is 0 Å². The molecule has 2 unspecified atom stereocenters. The van der Waals surface area contributed by atoms with E-state index in [4.69, 9.17) is 5.73 Å². The molecule has 2 atom stereocenters. The molecule has 22 heavy (non-hydrogen) atoms. The molecule has 3 rings (SSSR count). The van der Waals surface area contributed by atoms with Gasteiger partial charge in [-0.1, -0.05) is 12.1 Å². The van der Waals surface area contributed by atoms with Crippen LogP contribution in [0.25, 0.3) is 0 Å². The normalized spacial score (nSPS) is 21.9. The van der Waals surface area contributed by atoms with Gasteiger partial charge in [0.25, 0.3) is 0 Å². The molecular formula is C17H17F3N2. The van der Waals surface area contributed by atoms with Crippen LogP contribution < -0.4 is 10.6 Å². The Balaban J connectivity index is 1.87. The van der Waals surface area contributed by atoms with E-state index in [1.807, 2.05) is 0 Å². The summed E-state index contributed by atoms with van der Waals surface area (Å²) in [5.74, 6) is -1.17. The second-order valence-corrected chi connectivity index (χ2v) is 5.74. The van der Waals surface area contributed by atoms with Crippen molar-refractivity contribution in [3.63, 3.8) is 0 Å². The van der Waals surface area contributed by atoms with Crippen LogP contribution in [0.4, 0.5) is 18.9 Å².